The van der Waals surface area contributed by atoms with Crippen molar-refractivity contribution in [3.8, 4) is 17.3 Å². The summed E-state index contributed by atoms with van der Waals surface area (Å²) in [6.07, 6.45) is 0.799. The van der Waals surface area contributed by atoms with Gasteiger partial charge in [0.1, 0.15) is 11.6 Å². The number of thioether (sulfide) groups is 1. The molecule has 0 aliphatic heterocycles. The number of nitrogens with zero attached hydrogens (tertiary/aromatic N) is 2. The lowest BCUT2D eigenvalue weighted by Gasteiger charge is -2.16. The Morgan fingerprint density at radius 2 is 2.00 bits per heavy atom. The average molecular weight is 453 g/mol. The van der Waals surface area contributed by atoms with E-state index in [0.29, 0.717) is 10.6 Å². The fourth-order valence-electron chi connectivity index (χ4n) is 3.08. The molecule has 0 radical (unpaired) electrons. The van der Waals surface area contributed by atoms with Crippen LogP contribution in [0.25, 0.3) is 11.3 Å². The zero-order valence-corrected chi connectivity index (χ0v) is 18.9. The summed E-state index contributed by atoms with van der Waals surface area (Å²) in [6.45, 7) is 5.72. The smallest absolute Gasteiger partial charge is 0.270 e. The molecule has 0 fully saturated rings. The molecule has 6 nitrogen and oxygen atoms in total. The van der Waals surface area contributed by atoms with Gasteiger partial charge in [-0.25, -0.2) is 4.98 Å². The first-order chi connectivity index (χ1) is 14.8. The van der Waals surface area contributed by atoms with E-state index in [2.05, 4.69) is 15.3 Å². The van der Waals surface area contributed by atoms with Crippen LogP contribution in [0.5, 0.6) is 0 Å². The van der Waals surface area contributed by atoms with Gasteiger partial charge in [0.05, 0.1) is 10.9 Å². The lowest BCUT2D eigenvalue weighted by Crippen LogP contribution is -2.24. The lowest BCUT2D eigenvalue weighted by atomic mass is 10.1. The second-order valence-electron chi connectivity index (χ2n) is 6.93. The van der Waals surface area contributed by atoms with Crippen molar-refractivity contribution in [3.05, 3.63) is 74.5 Å². The first-order valence-corrected chi connectivity index (χ1v) is 11.0. The Morgan fingerprint density at radius 3 is 2.65 bits per heavy atom. The Kier molecular flexibility index (Phi) is 7.16. The molecule has 3 rings (SSSR count). The highest BCUT2D eigenvalue weighted by Crippen LogP contribution is 2.27. The summed E-state index contributed by atoms with van der Waals surface area (Å²) in [6, 6.07) is 14.5. The van der Waals surface area contributed by atoms with Crippen LogP contribution < -0.4 is 10.9 Å². The van der Waals surface area contributed by atoms with Crippen molar-refractivity contribution in [2.45, 2.75) is 37.6 Å². The number of H-pyrrole nitrogens is 1. The van der Waals surface area contributed by atoms with Crippen LogP contribution in [-0.2, 0) is 11.2 Å². The molecule has 0 saturated heterocycles. The van der Waals surface area contributed by atoms with Crippen LogP contribution in [0.3, 0.4) is 0 Å². The van der Waals surface area contributed by atoms with Crippen LogP contribution >= 0.6 is 23.4 Å². The number of carbonyl (C=O) groups is 1. The highest BCUT2D eigenvalue weighted by molar-refractivity contribution is 8.00. The molecule has 31 heavy (non-hydrogen) atoms. The van der Waals surface area contributed by atoms with Gasteiger partial charge in [0, 0.05) is 16.3 Å². The van der Waals surface area contributed by atoms with E-state index in [1.165, 1.54) is 0 Å². The van der Waals surface area contributed by atoms with Gasteiger partial charge in [0.15, 0.2) is 5.16 Å². The summed E-state index contributed by atoms with van der Waals surface area (Å²) >= 11 is 7.06. The molecule has 1 aromatic heterocycles. The first kappa shape index (κ1) is 22.6. The maximum atomic E-state index is 12.8. The highest BCUT2D eigenvalue weighted by atomic mass is 35.5. The zero-order chi connectivity index (χ0) is 22.5. The summed E-state index contributed by atoms with van der Waals surface area (Å²) in [5, 5.41) is 12.7. The molecule has 0 aliphatic rings. The third kappa shape index (κ3) is 5.16. The predicted octanol–water partition coefficient (Wildman–Crippen LogP) is 4.95. The number of nitrogens with one attached hydrogen (secondary N) is 2. The maximum Gasteiger partial charge on any atom is 0.270 e. The number of nitriles is 1. The zero-order valence-electron chi connectivity index (χ0n) is 17.3. The molecule has 0 bridgehead atoms. The Morgan fingerprint density at radius 1 is 1.29 bits per heavy atom. The molecule has 1 amide bonds. The number of aromatic nitrogens is 2. The van der Waals surface area contributed by atoms with Gasteiger partial charge in [0.25, 0.3) is 5.56 Å². The van der Waals surface area contributed by atoms with E-state index in [1.54, 1.807) is 31.2 Å². The molecular weight excluding hydrogens is 432 g/mol. The number of aryl methyl sites for hydroxylation is 2. The minimum absolute atomic E-state index is 0.0868. The lowest BCUT2D eigenvalue weighted by molar-refractivity contribution is -0.115. The molecule has 2 N–H and O–H groups in total. The molecule has 0 spiro atoms. The third-order valence-corrected chi connectivity index (χ3v) is 6.01. The van der Waals surface area contributed by atoms with Gasteiger partial charge in [-0.2, -0.15) is 5.26 Å². The molecule has 3 aromatic rings. The topological polar surface area (TPSA) is 98.6 Å². The van der Waals surface area contributed by atoms with Crippen LogP contribution in [0, 0.1) is 18.3 Å². The molecule has 158 valence electrons. The second kappa shape index (κ2) is 9.82. The van der Waals surface area contributed by atoms with Gasteiger partial charge in [0.2, 0.25) is 5.91 Å². The van der Waals surface area contributed by atoms with E-state index >= 15 is 0 Å². The fraction of sp³-hybridized carbons (Fsp3) is 0.217. The van der Waals surface area contributed by atoms with Crippen molar-refractivity contribution in [3.63, 3.8) is 0 Å². The Hall–Kier alpha value is -3.08. The van der Waals surface area contributed by atoms with Gasteiger partial charge in [-0.05, 0) is 43.5 Å². The molecule has 0 saturated carbocycles. The van der Waals surface area contributed by atoms with Crippen molar-refractivity contribution in [2.75, 3.05) is 5.32 Å². The molecule has 2 aromatic carbocycles. The third-order valence-electron chi connectivity index (χ3n) is 4.77. The van der Waals surface area contributed by atoms with E-state index in [9.17, 15) is 14.9 Å². The van der Waals surface area contributed by atoms with Gasteiger partial charge in [-0.1, -0.05) is 60.6 Å². The molecule has 1 heterocycles. The van der Waals surface area contributed by atoms with Crippen molar-refractivity contribution in [1.29, 1.82) is 5.26 Å². The number of hydrogen-bond acceptors (Lipinski definition) is 5. The predicted molar refractivity (Wildman–Crippen MR) is 125 cm³/mol. The standard InChI is InChI=1S/C23H21ClN4O2S/c1-4-15-7-5-6-13(2)19(15)26-21(29)14(3)31-23-27-20(18(12-25)22(30)28-23)16-8-10-17(24)11-9-16/h5-11,14H,4H2,1-3H3,(H,26,29)(H,27,28,30). The number of rotatable bonds is 6. The summed E-state index contributed by atoms with van der Waals surface area (Å²) < 4.78 is 0. The Balaban J connectivity index is 1.87. The number of amides is 1. The molecule has 1 unspecified atom stereocenters. The van der Waals surface area contributed by atoms with Crippen LogP contribution in [0.4, 0.5) is 5.69 Å². The van der Waals surface area contributed by atoms with Gasteiger partial charge in [-0.15, -0.1) is 0 Å². The second-order valence-corrected chi connectivity index (χ2v) is 8.69. The van der Waals surface area contributed by atoms with E-state index in [1.807, 2.05) is 38.1 Å². The van der Waals surface area contributed by atoms with E-state index in [0.717, 1.165) is 35.0 Å². The minimum Gasteiger partial charge on any atom is -0.325 e. The Labute approximate surface area is 189 Å². The minimum atomic E-state index is -0.551. The summed E-state index contributed by atoms with van der Waals surface area (Å²) in [5.74, 6) is -0.200. The highest BCUT2D eigenvalue weighted by Gasteiger charge is 2.20. The summed E-state index contributed by atoms with van der Waals surface area (Å²) in [7, 11) is 0. The molecule has 0 aliphatic carbocycles. The number of benzene rings is 2. The molecule has 8 heteroatoms. The molecular formula is C23H21ClN4O2S. The van der Waals surface area contributed by atoms with Gasteiger partial charge in [-0.3, -0.25) is 9.59 Å². The van der Waals surface area contributed by atoms with Crippen LogP contribution in [0.15, 0.2) is 52.4 Å². The number of carbonyl (C=O) groups excluding carboxylic acids is 1. The number of aromatic amines is 1. The SMILES string of the molecule is CCc1cccc(C)c1NC(=O)C(C)Sc1nc(-c2ccc(Cl)cc2)c(C#N)c(=O)[nH]1. The van der Waals surface area contributed by atoms with E-state index < -0.39 is 10.8 Å². The van der Waals surface area contributed by atoms with Crippen LogP contribution in [0.1, 0.15) is 30.5 Å². The van der Waals surface area contributed by atoms with E-state index in [-0.39, 0.29) is 22.3 Å². The van der Waals surface area contributed by atoms with Crippen molar-refractivity contribution >= 4 is 35.0 Å². The fourth-order valence-corrected chi connectivity index (χ4v) is 4.00. The normalized spacial score (nSPS) is 11.6. The quantitative estimate of drug-likeness (QED) is 0.407. The summed E-state index contributed by atoms with van der Waals surface area (Å²) in [5.41, 5.74) is 3.07. The van der Waals surface area contributed by atoms with Crippen molar-refractivity contribution in [2.24, 2.45) is 0 Å². The average Bonchev–Trinajstić information content (AvgIpc) is 2.75. The number of hydrogen-bond donors (Lipinski definition) is 2. The number of para-hydroxylation sites is 1. The summed E-state index contributed by atoms with van der Waals surface area (Å²) in [4.78, 5) is 32.3. The number of halogens is 1. The van der Waals surface area contributed by atoms with Crippen molar-refractivity contribution < 1.29 is 4.79 Å². The van der Waals surface area contributed by atoms with Crippen LogP contribution in [-0.4, -0.2) is 21.1 Å². The van der Waals surface area contributed by atoms with Crippen LogP contribution in [0.2, 0.25) is 5.02 Å². The monoisotopic (exact) mass is 452 g/mol. The number of anilines is 1. The maximum absolute atomic E-state index is 12.8. The van der Waals surface area contributed by atoms with Gasteiger partial charge >= 0.3 is 0 Å². The van der Waals surface area contributed by atoms with E-state index in [4.69, 9.17) is 11.6 Å². The largest absolute Gasteiger partial charge is 0.325 e. The first-order valence-electron chi connectivity index (χ1n) is 9.70. The molecule has 1 atom stereocenters. The van der Waals surface area contributed by atoms with Crippen molar-refractivity contribution in [1.82, 2.24) is 9.97 Å². The Bertz CT molecular complexity index is 1220. The van der Waals surface area contributed by atoms with Gasteiger partial charge < -0.3 is 10.3 Å².